The first-order valence-electron chi connectivity index (χ1n) is 3.54. The molecule has 64 valence electrons. The van der Waals surface area contributed by atoms with Crippen molar-refractivity contribution in [2.24, 2.45) is 5.92 Å². The van der Waals surface area contributed by atoms with Crippen LogP contribution < -0.4 is 0 Å². The molecule has 1 N–H and O–H groups in total. The lowest BCUT2D eigenvalue weighted by Crippen LogP contribution is -1.96. The van der Waals surface area contributed by atoms with Crippen molar-refractivity contribution in [3.63, 3.8) is 0 Å². The van der Waals surface area contributed by atoms with Gasteiger partial charge in [0.15, 0.2) is 0 Å². The van der Waals surface area contributed by atoms with E-state index in [2.05, 4.69) is 13.8 Å². The van der Waals surface area contributed by atoms with Crippen LogP contribution in [0, 0.1) is 5.92 Å². The predicted molar refractivity (Wildman–Crippen MR) is 48.7 cm³/mol. The Balaban J connectivity index is 3.65. The van der Waals surface area contributed by atoms with Crippen LogP contribution >= 0.6 is 11.8 Å². The van der Waals surface area contributed by atoms with Crippen LogP contribution in [0.25, 0.3) is 0 Å². The summed E-state index contributed by atoms with van der Waals surface area (Å²) in [5, 5.41) is 10.2. The molecule has 0 saturated carbocycles. The number of carbonyl (C=O) groups is 1. The normalized spacial score (nSPS) is 12.2. The molecule has 0 rings (SSSR count). The van der Waals surface area contributed by atoms with Crippen molar-refractivity contribution in [1.82, 2.24) is 0 Å². The average Bonchev–Trinajstić information content (AvgIpc) is 1.86. The molecule has 3 heteroatoms. The lowest BCUT2D eigenvalue weighted by Gasteiger charge is -2.02. The van der Waals surface area contributed by atoms with Crippen LogP contribution in [0.2, 0.25) is 0 Å². The molecule has 0 heterocycles. The molecular weight excluding hydrogens is 160 g/mol. The first-order valence-corrected chi connectivity index (χ1v) is 4.59. The van der Waals surface area contributed by atoms with E-state index in [1.807, 2.05) is 12.3 Å². The fourth-order valence-corrected chi connectivity index (χ4v) is 1.14. The van der Waals surface area contributed by atoms with Crippen molar-refractivity contribution in [3.8, 4) is 0 Å². The zero-order valence-electron chi connectivity index (χ0n) is 7.13. The van der Waals surface area contributed by atoms with Crippen LogP contribution in [-0.2, 0) is 4.79 Å². The van der Waals surface area contributed by atoms with E-state index in [4.69, 9.17) is 5.11 Å². The van der Waals surface area contributed by atoms with E-state index in [-0.39, 0.29) is 5.75 Å². The molecule has 0 radical (unpaired) electrons. The van der Waals surface area contributed by atoms with E-state index in [1.165, 1.54) is 17.3 Å². The Morgan fingerprint density at radius 3 is 2.55 bits per heavy atom. The van der Waals surface area contributed by atoms with Crippen LogP contribution in [0.4, 0.5) is 0 Å². The maximum Gasteiger partial charge on any atom is 0.313 e. The zero-order valence-corrected chi connectivity index (χ0v) is 7.94. The van der Waals surface area contributed by atoms with Gasteiger partial charge in [-0.1, -0.05) is 19.4 Å². The third-order valence-corrected chi connectivity index (χ3v) is 2.34. The highest BCUT2D eigenvalue weighted by Crippen LogP contribution is 2.13. The molecule has 0 aromatic rings. The van der Waals surface area contributed by atoms with E-state index < -0.39 is 5.97 Å². The van der Waals surface area contributed by atoms with Crippen LogP contribution in [0.3, 0.4) is 0 Å². The highest BCUT2D eigenvalue weighted by atomic mass is 32.2. The van der Waals surface area contributed by atoms with Gasteiger partial charge in [-0.25, -0.2) is 0 Å². The number of hydrogen-bond acceptors (Lipinski definition) is 2. The third-order valence-electron chi connectivity index (χ3n) is 1.39. The highest BCUT2D eigenvalue weighted by Gasteiger charge is 1.97. The van der Waals surface area contributed by atoms with Gasteiger partial charge in [0.1, 0.15) is 0 Å². The van der Waals surface area contributed by atoms with Crippen molar-refractivity contribution >= 4 is 17.7 Å². The molecule has 0 fully saturated rings. The summed E-state index contributed by atoms with van der Waals surface area (Å²) in [6.45, 7) is 6.19. The number of thioether (sulfide) groups is 1. The molecule has 0 aliphatic carbocycles. The standard InChI is InChI=1S/C8H14O2S/c1-6(2)7(3)4-11-5-8(9)10/h4,6H,5H2,1-3H3,(H,9,10)/b7-4-. The molecule has 2 nitrogen and oxygen atoms in total. The SMILES string of the molecule is C/C(=C/SCC(=O)O)C(C)C. The smallest absolute Gasteiger partial charge is 0.313 e. The van der Waals surface area contributed by atoms with Crippen molar-refractivity contribution in [2.45, 2.75) is 20.8 Å². The monoisotopic (exact) mass is 174 g/mol. The number of rotatable bonds is 4. The van der Waals surface area contributed by atoms with Crippen molar-refractivity contribution in [1.29, 1.82) is 0 Å². The quantitative estimate of drug-likeness (QED) is 0.711. The topological polar surface area (TPSA) is 37.3 Å². The first-order chi connectivity index (χ1) is 5.04. The molecule has 0 bridgehead atoms. The van der Waals surface area contributed by atoms with Gasteiger partial charge >= 0.3 is 5.97 Å². The summed E-state index contributed by atoms with van der Waals surface area (Å²) in [6, 6.07) is 0. The minimum absolute atomic E-state index is 0.157. The summed E-state index contributed by atoms with van der Waals surface area (Å²) in [5.41, 5.74) is 1.23. The largest absolute Gasteiger partial charge is 0.481 e. The van der Waals surface area contributed by atoms with Gasteiger partial charge in [-0.2, -0.15) is 0 Å². The molecule has 0 unspecified atom stereocenters. The Labute approximate surface area is 71.7 Å². The Bertz CT molecular complexity index is 161. The summed E-state index contributed by atoms with van der Waals surface area (Å²) in [5.74, 6) is -0.0940. The van der Waals surface area contributed by atoms with Gasteiger partial charge in [-0.15, -0.1) is 11.8 Å². The number of hydrogen-bond donors (Lipinski definition) is 1. The molecule has 0 aromatic heterocycles. The van der Waals surface area contributed by atoms with Crippen LogP contribution in [-0.4, -0.2) is 16.8 Å². The van der Waals surface area contributed by atoms with Gasteiger partial charge in [0, 0.05) is 0 Å². The van der Waals surface area contributed by atoms with E-state index in [9.17, 15) is 4.79 Å². The van der Waals surface area contributed by atoms with Crippen LogP contribution in [0.15, 0.2) is 11.0 Å². The lowest BCUT2D eigenvalue weighted by molar-refractivity contribution is -0.133. The number of carboxylic acid groups (broad SMARTS) is 1. The van der Waals surface area contributed by atoms with Crippen LogP contribution in [0.5, 0.6) is 0 Å². The zero-order chi connectivity index (χ0) is 8.85. The van der Waals surface area contributed by atoms with Crippen molar-refractivity contribution in [3.05, 3.63) is 11.0 Å². The average molecular weight is 174 g/mol. The van der Waals surface area contributed by atoms with Crippen LogP contribution in [0.1, 0.15) is 20.8 Å². The van der Waals surface area contributed by atoms with Gasteiger partial charge in [0.05, 0.1) is 5.75 Å². The maximum atomic E-state index is 10.1. The first kappa shape index (κ1) is 10.6. The molecule has 11 heavy (non-hydrogen) atoms. The Morgan fingerprint density at radius 1 is 1.64 bits per heavy atom. The second-order valence-corrected chi connectivity index (χ2v) is 3.58. The van der Waals surface area contributed by atoms with E-state index >= 15 is 0 Å². The maximum absolute atomic E-state index is 10.1. The number of aliphatic carboxylic acids is 1. The van der Waals surface area contributed by atoms with E-state index in [1.54, 1.807) is 0 Å². The lowest BCUT2D eigenvalue weighted by atomic mass is 10.1. The molecule has 0 spiro atoms. The second kappa shape index (κ2) is 5.24. The highest BCUT2D eigenvalue weighted by molar-refractivity contribution is 8.02. The predicted octanol–water partition coefficient (Wildman–Crippen LogP) is 2.36. The van der Waals surface area contributed by atoms with Gasteiger partial charge in [-0.3, -0.25) is 4.79 Å². The Kier molecular flexibility index (Phi) is 5.03. The summed E-state index contributed by atoms with van der Waals surface area (Å²) in [6.07, 6.45) is 0. The van der Waals surface area contributed by atoms with Gasteiger partial charge in [-0.05, 0) is 18.2 Å². The minimum Gasteiger partial charge on any atom is -0.481 e. The third kappa shape index (κ3) is 5.98. The summed E-state index contributed by atoms with van der Waals surface area (Å²) < 4.78 is 0. The number of carboxylic acids is 1. The fourth-order valence-electron chi connectivity index (χ4n) is 0.380. The molecule has 0 amide bonds. The van der Waals surface area contributed by atoms with Gasteiger partial charge in [0.2, 0.25) is 0 Å². The van der Waals surface area contributed by atoms with Crippen molar-refractivity contribution < 1.29 is 9.90 Å². The molecule has 0 aliphatic heterocycles. The fraction of sp³-hybridized carbons (Fsp3) is 0.625. The molecular formula is C8H14O2S. The minimum atomic E-state index is -0.761. The Hall–Kier alpha value is -0.440. The molecule has 0 aliphatic rings. The van der Waals surface area contributed by atoms with E-state index in [0.717, 1.165) is 0 Å². The van der Waals surface area contributed by atoms with E-state index in [0.29, 0.717) is 5.92 Å². The van der Waals surface area contributed by atoms with Gasteiger partial charge in [0.25, 0.3) is 0 Å². The van der Waals surface area contributed by atoms with Crippen molar-refractivity contribution in [2.75, 3.05) is 5.75 Å². The number of allylic oxidation sites excluding steroid dienone is 1. The molecule has 0 atom stereocenters. The Morgan fingerprint density at radius 2 is 2.18 bits per heavy atom. The molecule has 0 saturated heterocycles. The summed E-state index contributed by atoms with van der Waals surface area (Å²) in [4.78, 5) is 10.1. The summed E-state index contributed by atoms with van der Waals surface area (Å²) in [7, 11) is 0. The second-order valence-electron chi connectivity index (χ2n) is 2.72. The molecule has 0 aromatic carbocycles. The van der Waals surface area contributed by atoms with Gasteiger partial charge < -0.3 is 5.11 Å². The summed E-state index contributed by atoms with van der Waals surface area (Å²) >= 11 is 1.34.